The number of hydrogen-bond donors (Lipinski definition) is 3. The van der Waals surface area contributed by atoms with E-state index in [0.29, 0.717) is 19.4 Å². The van der Waals surface area contributed by atoms with E-state index in [9.17, 15) is 14.7 Å². The summed E-state index contributed by atoms with van der Waals surface area (Å²) in [5.41, 5.74) is -1.07. The summed E-state index contributed by atoms with van der Waals surface area (Å²) in [6.45, 7) is 1.24. The van der Waals surface area contributed by atoms with E-state index >= 15 is 0 Å². The summed E-state index contributed by atoms with van der Waals surface area (Å²) in [6.07, 6.45) is 3.78. The normalized spacial score (nSPS) is 18.4. The number of likely N-dealkylation sites (N-methyl/N-ethyl adjacent to an activating group) is 1. The number of carbonyl (C=O) groups is 2. The van der Waals surface area contributed by atoms with Crippen LogP contribution in [0.2, 0.25) is 0 Å². The highest BCUT2D eigenvalue weighted by Gasteiger charge is 2.40. The molecule has 3 N–H and O–H groups in total. The average Bonchev–Trinajstić information content (AvgIpc) is 2.29. The number of nitrogens with one attached hydrogen (secondary N) is 2. The van der Waals surface area contributed by atoms with Gasteiger partial charge in [-0.1, -0.05) is 19.3 Å². The molecular formula is C12H23N3O3. The second-order valence-corrected chi connectivity index (χ2v) is 5.13. The lowest BCUT2D eigenvalue weighted by Crippen LogP contribution is -2.58. The van der Waals surface area contributed by atoms with Gasteiger partial charge in [0.2, 0.25) is 0 Å². The van der Waals surface area contributed by atoms with Crippen LogP contribution in [0.4, 0.5) is 4.79 Å². The van der Waals surface area contributed by atoms with Crippen LogP contribution in [0.3, 0.4) is 0 Å². The molecule has 0 unspecified atom stereocenters. The van der Waals surface area contributed by atoms with Gasteiger partial charge in [-0.05, 0) is 26.9 Å². The zero-order valence-corrected chi connectivity index (χ0v) is 11.2. The fourth-order valence-electron chi connectivity index (χ4n) is 2.20. The number of carboxylic acid groups (broad SMARTS) is 1. The molecule has 1 saturated carbocycles. The van der Waals surface area contributed by atoms with Gasteiger partial charge in [0.05, 0.1) is 0 Å². The Morgan fingerprint density at radius 2 is 1.83 bits per heavy atom. The summed E-state index contributed by atoms with van der Waals surface area (Å²) in [5, 5.41) is 14.6. The quantitative estimate of drug-likeness (QED) is 0.675. The number of carbonyl (C=O) groups excluding carboxylic acids is 1. The molecular weight excluding hydrogens is 234 g/mol. The molecule has 0 bridgehead atoms. The zero-order valence-electron chi connectivity index (χ0n) is 11.2. The first-order chi connectivity index (χ1) is 8.46. The van der Waals surface area contributed by atoms with Crippen molar-refractivity contribution in [3.8, 4) is 0 Å². The minimum atomic E-state index is -1.07. The maximum atomic E-state index is 11.7. The largest absolute Gasteiger partial charge is 0.480 e. The molecule has 0 aromatic heterocycles. The van der Waals surface area contributed by atoms with Crippen molar-refractivity contribution in [2.24, 2.45) is 0 Å². The molecule has 0 aliphatic heterocycles. The van der Waals surface area contributed by atoms with E-state index in [2.05, 4.69) is 10.6 Å². The van der Waals surface area contributed by atoms with Gasteiger partial charge in [-0.15, -0.1) is 0 Å². The van der Waals surface area contributed by atoms with Gasteiger partial charge in [-0.3, -0.25) is 0 Å². The van der Waals surface area contributed by atoms with Crippen LogP contribution >= 0.6 is 0 Å². The third kappa shape index (κ3) is 4.18. The maximum absolute atomic E-state index is 11.7. The number of nitrogens with zero attached hydrogens (tertiary/aromatic N) is 1. The number of aliphatic carboxylic acids is 1. The number of urea groups is 1. The molecule has 6 nitrogen and oxygen atoms in total. The summed E-state index contributed by atoms with van der Waals surface area (Å²) in [7, 11) is 3.83. The third-order valence-corrected chi connectivity index (χ3v) is 3.31. The molecule has 104 valence electrons. The van der Waals surface area contributed by atoms with Gasteiger partial charge in [0.15, 0.2) is 0 Å². The average molecular weight is 257 g/mol. The molecule has 0 radical (unpaired) electrons. The molecule has 18 heavy (non-hydrogen) atoms. The van der Waals surface area contributed by atoms with Gasteiger partial charge in [-0.25, -0.2) is 9.59 Å². The molecule has 0 heterocycles. The second-order valence-electron chi connectivity index (χ2n) is 5.13. The SMILES string of the molecule is CN(C)CCNC(=O)NC1(C(=O)O)CCCCC1. The molecule has 0 aromatic rings. The van der Waals surface area contributed by atoms with E-state index in [1.54, 1.807) is 0 Å². The summed E-state index contributed by atoms with van der Waals surface area (Å²) < 4.78 is 0. The molecule has 1 fully saturated rings. The molecule has 1 rings (SSSR count). The molecule has 2 amide bonds. The molecule has 0 spiro atoms. The summed E-state index contributed by atoms with van der Waals surface area (Å²) in [6, 6.07) is -0.388. The fraction of sp³-hybridized carbons (Fsp3) is 0.833. The van der Waals surface area contributed by atoms with Crippen LogP contribution in [0.25, 0.3) is 0 Å². The molecule has 0 atom stereocenters. The Balaban J connectivity index is 2.46. The lowest BCUT2D eigenvalue weighted by molar-refractivity contribution is -0.145. The van der Waals surface area contributed by atoms with Crippen molar-refractivity contribution in [1.82, 2.24) is 15.5 Å². The second kappa shape index (κ2) is 6.58. The lowest BCUT2D eigenvalue weighted by Gasteiger charge is -2.33. The van der Waals surface area contributed by atoms with Crippen LogP contribution in [0.15, 0.2) is 0 Å². The molecule has 1 aliphatic carbocycles. The number of carboxylic acids is 1. The Labute approximate surface area is 108 Å². The standard InChI is InChI=1S/C12H23N3O3/c1-15(2)9-8-13-11(18)14-12(10(16)17)6-4-3-5-7-12/h3-9H2,1-2H3,(H,16,17)(H2,13,14,18). The van der Waals surface area contributed by atoms with Crippen molar-refractivity contribution in [2.45, 2.75) is 37.6 Å². The van der Waals surface area contributed by atoms with Crippen molar-refractivity contribution in [3.63, 3.8) is 0 Å². The minimum Gasteiger partial charge on any atom is -0.480 e. The van der Waals surface area contributed by atoms with Crippen molar-refractivity contribution < 1.29 is 14.7 Å². The first kappa shape index (κ1) is 14.8. The number of hydrogen-bond acceptors (Lipinski definition) is 3. The minimum absolute atomic E-state index is 0.388. The topological polar surface area (TPSA) is 81.7 Å². The Hall–Kier alpha value is -1.30. The Kier molecular flexibility index (Phi) is 5.40. The van der Waals surface area contributed by atoms with Gasteiger partial charge in [-0.2, -0.15) is 0 Å². The Bertz CT molecular complexity index is 299. The van der Waals surface area contributed by atoms with Crippen LogP contribution in [0.1, 0.15) is 32.1 Å². The van der Waals surface area contributed by atoms with Gasteiger partial charge in [0, 0.05) is 13.1 Å². The summed E-state index contributed by atoms with van der Waals surface area (Å²) in [5.74, 6) is -0.926. The van der Waals surface area contributed by atoms with Crippen molar-refractivity contribution >= 4 is 12.0 Å². The van der Waals surface area contributed by atoms with Crippen LogP contribution in [0, 0.1) is 0 Å². The van der Waals surface area contributed by atoms with E-state index < -0.39 is 11.5 Å². The highest BCUT2D eigenvalue weighted by atomic mass is 16.4. The summed E-state index contributed by atoms with van der Waals surface area (Å²) >= 11 is 0. The van der Waals surface area contributed by atoms with Gasteiger partial charge in [0.1, 0.15) is 5.54 Å². The summed E-state index contributed by atoms with van der Waals surface area (Å²) in [4.78, 5) is 25.0. The van der Waals surface area contributed by atoms with E-state index in [0.717, 1.165) is 25.8 Å². The van der Waals surface area contributed by atoms with E-state index in [4.69, 9.17) is 0 Å². The van der Waals surface area contributed by atoms with Gasteiger partial charge >= 0.3 is 12.0 Å². The predicted octanol–water partition coefficient (Wildman–Crippen LogP) is 0.635. The monoisotopic (exact) mass is 257 g/mol. The lowest BCUT2D eigenvalue weighted by atomic mass is 9.82. The van der Waals surface area contributed by atoms with E-state index in [-0.39, 0.29) is 6.03 Å². The smallest absolute Gasteiger partial charge is 0.329 e. The molecule has 0 aromatic carbocycles. The predicted molar refractivity (Wildman–Crippen MR) is 68.5 cm³/mol. The van der Waals surface area contributed by atoms with Crippen LogP contribution < -0.4 is 10.6 Å². The van der Waals surface area contributed by atoms with Crippen molar-refractivity contribution in [1.29, 1.82) is 0 Å². The van der Waals surface area contributed by atoms with Crippen molar-refractivity contribution in [2.75, 3.05) is 27.2 Å². The van der Waals surface area contributed by atoms with Crippen LogP contribution in [-0.4, -0.2) is 54.7 Å². The first-order valence-electron chi connectivity index (χ1n) is 6.40. The maximum Gasteiger partial charge on any atom is 0.329 e. The fourth-order valence-corrected chi connectivity index (χ4v) is 2.20. The Morgan fingerprint density at radius 1 is 1.22 bits per heavy atom. The van der Waals surface area contributed by atoms with E-state index in [1.165, 1.54) is 0 Å². The van der Waals surface area contributed by atoms with Gasteiger partial charge < -0.3 is 20.6 Å². The van der Waals surface area contributed by atoms with Gasteiger partial charge in [0.25, 0.3) is 0 Å². The first-order valence-corrected chi connectivity index (χ1v) is 6.40. The van der Waals surface area contributed by atoms with Crippen LogP contribution in [0.5, 0.6) is 0 Å². The molecule has 6 heteroatoms. The highest BCUT2D eigenvalue weighted by molar-refractivity contribution is 5.86. The van der Waals surface area contributed by atoms with E-state index in [1.807, 2.05) is 19.0 Å². The van der Waals surface area contributed by atoms with Crippen LogP contribution in [-0.2, 0) is 4.79 Å². The highest BCUT2D eigenvalue weighted by Crippen LogP contribution is 2.28. The number of amides is 2. The third-order valence-electron chi connectivity index (χ3n) is 3.31. The molecule has 1 aliphatic rings. The van der Waals surface area contributed by atoms with Crippen molar-refractivity contribution in [3.05, 3.63) is 0 Å². The molecule has 0 saturated heterocycles. The number of rotatable bonds is 5. The zero-order chi connectivity index (χ0) is 13.6. The Morgan fingerprint density at radius 3 is 2.33 bits per heavy atom.